The lowest BCUT2D eigenvalue weighted by atomic mass is 9.92. The van der Waals surface area contributed by atoms with Crippen LogP contribution in [0.3, 0.4) is 0 Å². The minimum atomic E-state index is -0.957. The van der Waals surface area contributed by atoms with Gasteiger partial charge in [-0.1, -0.05) is 50.7 Å². The summed E-state index contributed by atoms with van der Waals surface area (Å²) < 4.78 is 0. The molecule has 0 aliphatic carbocycles. The first-order chi connectivity index (χ1) is 10.3. The number of aromatic nitrogens is 2. The quantitative estimate of drug-likeness (QED) is 0.668. The second-order valence-corrected chi connectivity index (χ2v) is 6.90. The largest absolute Gasteiger partial charge is 0.478 e. The number of hydrogen-bond acceptors (Lipinski definition) is 4. The van der Waals surface area contributed by atoms with Gasteiger partial charge in [-0.2, -0.15) is 0 Å². The maximum atomic E-state index is 11.7. The maximum absolute atomic E-state index is 11.7. The number of aromatic amines is 1. The molecule has 0 atom stereocenters. The molecule has 6 heteroatoms. The Bertz CT molecular complexity index is 748. The Morgan fingerprint density at radius 2 is 2.00 bits per heavy atom. The van der Waals surface area contributed by atoms with Crippen molar-refractivity contribution in [2.75, 3.05) is 0 Å². The second-order valence-electron chi connectivity index (χ2n) is 5.94. The molecule has 0 amide bonds. The molecule has 1 aromatic carbocycles. The first-order valence-electron chi connectivity index (χ1n) is 6.83. The molecule has 0 aliphatic heterocycles. The molecule has 0 bridgehead atoms. The summed E-state index contributed by atoms with van der Waals surface area (Å²) in [5.41, 5.74) is 1.26. The van der Waals surface area contributed by atoms with Crippen LogP contribution >= 0.6 is 11.8 Å². The molecule has 0 fully saturated rings. The molecule has 0 radical (unpaired) electrons. The van der Waals surface area contributed by atoms with Gasteiger partial charge < -0.3 is 10.1 Å². The van der Waals surface area contributed by atoms with Crippen LogP contribution < -0.4 is 5.56 Å². The van der Waals surface area contributed by atoms with Gasteiger partial charge in [0.2, 0.25) is 0 Å². The molecule has 0 unspecified atom stereocenters. The Labute approximate surface area is 132 Å². The number of aromatic carboxylic acids is 1. The van der Waals surface area contributed by atoms with E-state index in [0.29, 0.717) is 22.2 Å². The van der Waals surface area contributed by atoms with Gasteiger partial charge >= 0.3 is 5.97 Å². The fourth-order valence-corrected chi connectivity index (χ4v) is 2.77. The number of carbonyl (C=O) groups is 1. The predicted molar refractivity (Wildman–Crippen MR) is 86.5 cm³/mol. The molecule has 2 rings (SSSR count). The van der Waals surface area contributed by atoms with Gasteiger partial charge in [0.25, 0.3) is 5.56 Å². The van der Waals surface area contributed by atoms with E-state index in [1.165, 1.54) is 17.8 Å². The average Bonchev–Trinajstić information content (AvgIpc) is 2.44. The fraction of sp³-hybridized carbons (Fsp3) is 0.312. The van der Waals surface area contributed by atoms with Gasteiger partial charge in [0.15, 0.2) is 5.16 Å². The van der Waals surface area contributed by atoms with Crippen molar-refractivity contribution >= 4 is 17.7 Å². The van der Waals surface area contributed by atoms with Crippen LogP contribution in [0.15, 0.2) is 40.3 Å². The summed E-state index contributed by atoms with van der Waals surface area (Å²) in [6.07, 6.45) is 0. The Hall–Kier alpha value is -2.08. The summed E-state index contributed by atoms with van der Waals surface area (Å²) in [5.74, 6) is -0.528. The number of hydrogen-bond donors (Lipinski definition) is 2. The van der Waals surface area contributed by atoms with Crippen molar-refractivity contribution in [1.82, 2.24) is 9.97 Å². The van der Waals surface area contributed by atoms with Crippen molar-refractivity contribution < 1.29 is 9.90 Å². The van der Waals surface area contributed by atoms with Crippen LogP contribution in [0.2, 0.25) is 0 Å². The average molecular weight is 318 g/mol. The van der Waals surface area contributed by atoms with E-state index in [4.69, 9.17) is 0 Å². The Kier molecular flexibility index (Phi) is 4.71. The topological polar surface area (TPSA) is 83.0 Å². The van der Waals surface area contributed by atoms with Crippen molar-refractivity contribution in [3.8, 4) is 0 Å². The molecular weight excluding hydrogens is 300 g/mol. The van der Waals surface area contributed by atoms with Crippen molar-refractivity contribution in [2.45, 2.75) is 37.1 Å². The summed E-state index contributed by atoms with van der Waals surface area (Å²) in [6.45, 7) is 5.97. The third-order valence-corrected chi connectivity index (χ3v) is 4.02. The van der Waals surface area contributed by atoms with Crippen molar-refractivity contribution in [3.05, 3.63) is 57.5 Å². The van der Waals surface area contributed by atoms with Gasteiger partial charge in [0.1, 0.15) is 0 Å². The zero-order valence-electron chi connectivity index (χ0n) is 12.7. The molecule has 5 nitrogen and oxygen atoms in total. The highest BCUT2D eigenvalue weighted by molar-refractivity contribution is 7.98. The first kappa shape index (κ1) is 16.3. The van der Waals surface area contributed by atoms with E-state index in [1.54, 1.807) is 24.3 Å². The van der Waals surface area contributed by atoms with Gasteiger partial charge in [0, 0.05) is 17.2 Å². The van der Waals surface area contributed by atoms with Crippen LogP contribution in [0.4, 0.5) is 0 Å². The Balaban J connectivity index is 2.24. The van der Waals surface area contributed by atoms with Gasteiger partial charge in [-0.05, 0) is 11.6 Å². The standard InChI is InChI=1S/C16H18N2O3S/c1-16(2,3)12-8-13(19)18-15(17-12)22-9-10-6-4-5-7-11(10)14(20)21/h4-8H,9H2,1-3H3,(H,20,21)(H,17,18,19). The van der Waals surface area contributed by atoms with Crippen molar-refractivity contribution in [2.24, 2.45) is 0 Å². The fourth-order valence-electron chi connectivity index (χ4n) is 1.89. The lowest BCUT2D eigenvalue weighted by molar-refractivity contribution is 0.0696. The van der Waals surface area contributed by atoms with E-state index >= 15 is 0 Å². The first-order valence-corrected chi connectivity index (χ1v) is 7.82. The van der Waals surface area contributed by atoms with Gasteiger partial charge in [0.05, 0.1) is 11.3 Å². The Morgan fingerprint density at radius 1 is 1.32 bits per heavy atom. The third kappa shape index (κ3) is 3.98. The molecule has 2 N–H and O–H groups in total. The van der Waals surface area contributed by atoms with Crippen LogP contribution in [-0.4, -0.2) is 21.0 Å². The van der Waals surface area contributed by atoms with Crippen LogP contribution in [0.1, 0.15) is 42.4 Å². The minimum absolute atomic E-state index is 0.200. The molecule has 116 valence electrons. The molecule has 0 saturated carbocycles. The van der Waals surface area contributed by atoms with E-state index in [9.17, 15) is 14.7 Å². The van der Waals surface area contributed by atoms with E-state index in [0.717, 1.165) is 0 Å². The molecule has 0 spiro atoms. The maximum Gasteiger partial charge on any atom is 0.335 e. The lowest BCUT2D eigenvalue weighted by Crippen LogP contribution is -2.19. The molecule has 22 heavy (non-hydrogen) atoms. The van der Waals surface area contributed by atoms with E-state index < -0.39 is 5.97 Å². The zero-order chi connectivity index (χ0) is 16.3. The number of carboxylic acid groups (broad SMARTS) is 1. The highest BCUT2D eigenvalue weighted by Gasteiger charge is 2.17. The molecule has 0 aliphatic rings. The number of thioether (sulfide) groups is 1. The van der Waals surface area contributed by atoms with Gasteiger partial charge in [-0.15, -0.1) is 0 Å². The number of H-pyrrole nitrogens is 1. The SMILES string of the molecule is CC(C)(C)c1cc(=O)[nH]c(SCc2ccccc2C(=O)O)n1. The summed E-state index contributed by atoms with van der Waals surface area (Å²) in [5, 5.41) is 9.67. The molecule has 1 aromatic heterocycles. The molecular formula is C16H18N2O3S. The van der Waals surface area contributed by atoms with Crippen LogP contribution in [-0.2, 0) is 11.2 Å². The number of rotatable bonds is 4. The van der Waals surface area contributed by atoms with Crippen molar-refractivity contribution in [1.29, 1.82) is 0 Å². The van der Waals surface area contributed by atoms with Gasteiger partial charge in [-0.25, -0.2) is 9.78 Å². The normalized spacial score (nSPS) is 11.4. The van der Waals surface area contributed by atoms with Crippen molar-refractivity contribution in [3.63, 3.8) is 0 Å². The number of nitrogens with zero attached hydrogens (tertiary/aromatic N) is 1. The van der Waals surface area contributed by atoms with Crippen LogP contribution in [0.5, 0.6) is 0 Å². The second kappa shape index (κ2) is 6.36. The number of benzene rings is 1. The summed E-state index contributed by atoms with van der Waals surface area (Å²) in [7, 11) is 0. The molecule has 2 aromatic rings. The monoisotopic (exact) mass is 318 g/mol. The third-order valence-electron chi connectivity index (χ3n) is 3.10. The minimum Gasteiger partial charge on any atom is -0.478 e. The smallest absolute Gasteiger partial charge is 0.335 e. The summed E-state index contributed by atoms with van der Waals surface area (Å²) in [6, 6.07) is 8.32. The highest BCUT2D eigenvalue weighted by atomic mass is 32.2. The summed E-state index contributed by atoms with van der Waals surface area (Å²) >= 11 is 1.32. The van der Waals surface area contributed by atoms with E-state index in [-0.39, 0.29) is 16.5 Å². The zero-order valence-corrected chi connectivity index (χ0v) is 13.5. The predicted octanol–water partition coefficient (Wildman–Crippen LogP) is 3.06. The molecule has 0 saturated heterocycles. The number of carboxylic acids is 1. The Morgan fingerprint density at radius 3 is 2.64 bits per heavy atom. The van der Waals surface area contributed by atoms with Crippen LogP contribution in [0, 0.1) is 0 Å². The van der Waals surface area contributed by atoms with Crippen LogP contribution in [0.25, 0.3) is 0 Å². The molecule has 1 heterocycles. The summed E-state index contributed by atoms with van der Waals surface area (Å²) in [4.78, 5) is 30.1. The van der Waals surface area contributed by atoms with Gasteiger partial charge in [-0.3, -0.25) is 4.79 Å². The number of nitrogens with one attached hydrogen (secondary N) is 1. The highest BCUT2D eigenvalue weighted by Crippen LogP contribution is 2.24. The lowest BCUT2D eigenvalue weighted by Gasteiger charge is -2.17. The van der Waals surface area contributed by atoms with E-state index in [2.05, 4.69) is 9.97 Å². The van der Waals surface area contributed by atoms with E-state index in [1.807, 2.05) is 20.8 Å².